The maximum Gasteiger partial charge on any atom is 0.252 e. The Balaban J connectivity index is 2.17. The van der Waals surface area contributed by atoms with Gasteiger partial charge in [-0.3, -0.25) is 4.79 Å². The Bertz CT molecular complexity index is 682. The molecule has 108 valence electrons. The third kappa shape index (κ3) is 3.91. The number of aliphatic hydroxyl groups excluding tert-OH is 1. The predicted molar refractivity (Wildman–Crippen MR) is 83.0 cm³/mol. The monoisotopic (exact) mass is 300 g/mol. The zero-order valence-electron chi connectivity index (χ0n) is 11.9. The molecule has 0 unspecified atom stereocenters. The summed E-state index contributed by atoms with van der Waals surface area (Å²) in [6.07, 6.45) is 1.72. The molecule has 0 fully saturated rings. The zero-order valence-corrected chi connectivity index (χ0v) is 12.7. The summed E-state index contributed by atoms with van der Waals surface area (Å²) in [5.41, 5.74) is 0.700. The SMILES string of the molecule is CC(C)(NC(=O)c1cccc(C#CCO)c1)c1nccs1. The van der Waals surface area contributed by atoms with Crippen molar-refractivity contribution in [3.8, 4) is 11.8 Å². The standard InChI is InChI=1S/C16H16N2O2S/c1-16(2,15-17-8-10-21-15)18-14(20)13-7-3-5-12(11-13)6-4-9-19/h3,5,7-8,10-11,19H,9H2,1-2H3,(H,18,20). The van der Waals surface area contributed by atoms with Crippen molar-refractivity contribution in [3.05, 3.63) is 52.0 Å². The quantitative estimate of drug-likeness (QED) is 0.854. The van der Waals surface area contributed by atoms with E-state index in [2.05, 4.69) is 22.1 Å². The van der Waals surface area contributed by atoms with E-state index in [1.165, 1.54) is 11.3 Å². The molecular formula is C16H16N2O2S. The number of carbonyl (C=O) groups excluding carboxylic acids is 1. The summed E-state index contributed by atoms with van der Waals surface area (Å²) in [5.74, 6) is 5.18. The highest BCUT2D eigenvalue weighted by Gasteiger charge is 2.25. The van der Waals surface area contributed by atoms with Crippen molar-refractivity contribution in [2.24, 2.45) is 0 Å². The van der Waals surface area contributed by atoms with Crippen LogP contribution in [0.2, 0.25) is 0 Å². The lowest BCUT2D eigenvalue weighted by Gasteiger charge is -2.23. The Morgan fingerprint density at radius 1 is 1.48 bits per heavy atom. The van der Waals surface area contributed by atoms with Gasteiger partial charge in [-0.25, -0.2) is 4.98 Å². The zero-order chi connectivity index (χ0) is 15.3. The lowest BCUT2D eigenvalue weighted by Crippen LogP contribution is -2.40. The first-order chi connectivity index (χ1) is 10.0. The van der Waals surface area contributed by atoms with Gasteiger partial charge in [0.25, 0.3) is 5.91 Å². The molecule has 1 heterocycles. The normalized spacial score (nSPS) is 10.6. The van der Waals surface area contributed by atoms with Crippen LogP contribution in [0.15, 0.2) is 35.8 Å². The Morgan fingerprint density at radius 3 is 2.95 bits per heavy atom. The van der Waals surface area contributed by atoms with Crippen LogP contribution in [0.4, 0.5) is 0 Å². The molecule has 4 nitrogen and oxygen atoms in total. The average molecular weight is 300 g/mol. The first-order valence-corrected chi connectivity index (χ1v) is 7.33. The second-order valence-corrected chi connectivity index (χ2v) is 5.85. The van der Waals surface area contributed by atoms with Gasteiger partial charge in [0, 0.05) is 22.7 Å². The van der Waals surface area contributed by atoms with Gasteiger partial charge in [0.15, 0.2) is 0 Å². The van der Waals surface area contributed by atoms with E-state index in [0.717, 1.165) is 5.01 Å². The Morgan fingerprint density at radius 2 is 2.29 bits per heavy atom. The van der Waals surface area contributed by atoms with E-state index < -0.39 is 5.54 Å². The van der Waals surface area contributed by atoms with Crippen LogP contribution in [0.25, 0.3) is 0 Å². The van der Waals surface area contributed by atoms with Crippen molar-refractivity contribution >= 4 is 17.2 Å². The van der Waals surface area contributed by atoms with E-state index in [1.807, 2.05) is 19.2 Å². The molecule has 1 aromatic heterocycles. The number of hydrogen-bond donors (Lipinski definition) is 2. The Kier molecular flexibility index (Phi) is 4.73. The highest BCUT2D eigenvalue weighted by atomic mass is 32.1. The summed E-state index contributed by atoms with van der Waals surface area (Å²) < 4.78 is 0. The fraction of sp³-hybridized carbons (Fsp3) is 0.250. The number of rotatable bonds is 3. The highest BCUT2D eigenvalue weighted by molar-refractivity contribution is 7.09. The predicted octanol–water partition coefficient (Wildman–Crippen LogP) is 2.15. The van der Waals surface area contributed by atoms with Crippen LogP contribution in [-0.2, 0) is 5.54 Å². The summed E-state index contributed by atoms with van der Waals surface area (Å²) in [5, 5.41) is 14.4. The van der Waals surface area contributed by atoms with E-state index in [-0.39, 0.29) is 12.5 Å². The molecule has 2 rings (SSSR count). The molecule has 0 aliphatic rings. The van der Waals surface area contributed by atoms with Gasteiger partial charge in [-0.05, 0) is 32.0 Å². The van der Waals surface area contributed by atoms with Gasteiger partial charge in [0.2, 0.25) is 0 Å². The molecule has 0 bridgehead atoms. The number of amides is 1. The summed E-state index contributed by atoms with van der Waals surface area (Å²) >= 11 is 1.51. The molecule has 0 radical (unpaired) electrons. The molecule has 21 heavy (non-hydrogen) atoms. The highest BCUT2D eigenvalue weighted by Crippen LogP contribution is 2.22. The van der Waals surface area contributed by atoms with Crippen molar-refractivity contribution in [1.29, 1.82) is 0 Å². The van der Waals surface area contributed by atoms with Crippen LogP contribution in [0.5, 0.6) is 0 Å². The fourth-order valence-corrected chi connectivity index (χ4v) is 2.54. The summed E-state index contributed by atoms with van der Waals surface area (Å²) in [7, 11) is 0. The number of nitrogens with one attached hydrogen (secondary N) is 1. The second kappa shape index (κ2) is 6.53. The summed E-state index contributed by atoms with van der Waals surface area (Å²) in [4.78, 5) is 16.6. The molecule has 0 saturated heterocycles. The molecule has 0 aliphatic carbocycles. The maximum atomic E-state index is 12.3. The summed E-state index contributed by atoms with van der Waals surface area (Å²) in [6, 6.07) is 7.01. The van der Waals surface area contributed by atoms with E-state index in [9.17, 15) is 4.79 Å². The van der Waals surface area contributed by atoms with Crippen LogP contribution in [0, 0.1) is 11.8 Å². The number of nitrogens with zero attached hydrogens (tertiary/aromatic N) is 1. The van der Waals surface area contributed by atoms with Crippen molar-refractivity contribution in [2.75, 3.05) is 6.61 Å². The van der Waals surface area contributed by atoms with Gasteiger partial charge < -0.3 is 10.4 Å². The van der Waals surface area contributed by atoms with E-state index in [1.54, 1.807) is 30.5 Å². The minimum atomic E-state index is -0.530. The number of aromatic nitrogens is 1. The maximum absolute atomic E-state index is 12.3. The van der Waals surface area contributed by atoms with Gasteiger partial charge in [0.1, 0.15) is 11.6 Å². The third-order valence-corrected chi connectivity index (χ3v) is 3.93. The van der Waals surface area contributed by atoms with Crippen LogP contribution in [0.1, 0.15) is 34.8 Å². The molecule has 1 amide bonds. The molecule has 0 aliphatic heterocycles. The average Bonchev–Trinajstić information content (AvgIpc) is 3.00. The summed E-state index contributed by atoms with van der Waals surface area (Å²) in [6.45, 7) is 3.63. The van der Waals surface area contributed by atoms with Crippen molar-refractivity contribution in [1.82, 2.24) is 10.3 Å². The smallest absolute Gasteiger partial charge is 0.252 e. The van der Waals surface area contributed by atoms with Crippen LogP contribution in [0.3, 0.4) is 0 Å². The lowest BCUT2D eigenvalue weighted by atomic mass is 10.0. The number of carbonyl (C=O) groups is 1. The first kappa shape index (κ1) is 15.2. The molecule has 2 aromatic rings. The molecule has 1 aromatic carbocycles. The van der Waals surface area contributed by atoms with Gasteiger partial charge >= 0.3 is 0 Å². The number of hydrogen-bond acceptors (Lipinski definition) is 4. The molecule has 2 N–H and O–H groups in total. The van der Waals surface area contributed by atoms with E-state index in [4.69, 9.17) is 5.11 Å². The minimum Gasteiger partial charge on any atom is -0.384 e. The van der Waals surface area contributed by atoms with E-state index >= 15 is 0 Å². The van der Waals surface area contributed by atoms with Gasteiger partial charge in [-0.1, -0.05) is 17.9 Å². The van der Waals surface area contributed by atoms with Gasteiger partial charge in [0.05, 0.1) is 5.54 Å². The van der Waals surface area contributed by atoms with Crippen molar-refractivity contribution in [3.63, 3.8) is 0 Å². The molecule has 0 spiro atoms. The van der Waals surface area contributed by atoms with Gasteiger partial charge in [-0.2, -0.15) is 0 Å². The molecule has 0 saturated carbocycles. The third-order valence-electron chi connectivity index (χ3n) is 2.83. The Hall–Kier alpha value is -2.16. The van der Waals surface area contributed by atoms with Gasteiger partial charge in [-0.15, -0.1) is 11.3 Å². The largest absolute Gasteiger partial charge is 0.384 e. The van der Waals surface area contributed by atoms with Crippen molar-refractivity contribution in [2.45, 2.75) is 19.4 Å². The van der Waals surface area contributed by atoms with Crippen LogP contribution >= 0.6 is 11.3 Å². The topological polar surface area (TPSA) is 62.2 Å². The molecular weight excluding hydrogens is 284 g/mol. The molecule has 5 heteroatoms. The van der Waals surface area contributed by atoms with Crippen molar-refractivity contribution < 1.29 is 9.90 Å². The second-order valence-electron chi connectivity index (χ2n) is 4.96. The first-order valence-electron chi connectivity index (χ1n) is 6.45. The Labute approximate surface area is 127 Å². The molecule has 0 atom stereocenters. The fourth-order valence-electron chi connectivity index (χ4n) is 1.82. The number of thiazole rings is 1. The van der Waals surface area contributed by atoms with Crippen LogP contribution in [-0.4, -0.2) is 22.6 Å². The van der Waals surface area contributed by atoms with E-state index in [0.29, 0.717) is 11.1 Å². The number of aliphatic hydroxyl groups is 1. The minimum absolute atomic E-state index is 0.178. The lowest BCUT2D eigenvalue weighted by molar-refractivity contribution is 0.0912. The number of benzene rings is 1. The van der Waals surface area contributed by atoms with Crippen LogP contribution < -0.4 is 5.32 Å².